The van der Waals surface area contributed by atoms with E-state index in [0.29, 0.717) is 12.1 Å². The van der Waals surface area contributed by atoms with Crippen molar-refractivity contribution in [2.24, 2.45) is 0 Å². The zero-order valence-corrected chi connectivity index (χ0v) is 12.5. The second-order valence-corrected chi connectivity index (χ2v) is 5.64. The number of piperazine rings is 1. The van der Waals surface area contributed by atoms with Crippen LogP contribution in [-0.4, -0.2) is 55.6 Å². The highest BCUT2D eigenvalue weighted by atomic mass is 15.3. The summed E-state index contributed by atoms with van der Waals surface area (Å²) >= 11 is 0. The van der Waals surface area contributed by atoms with E-state index in [9.17, 15) is 0 Å². The molecule has 0 bridgehead atoms. The predicted octanol–water partition coefficient (Wildman–Crippen LogP) is 1.97. The Morgan fingerprint density at radius 2 is 2.00 bits per heavy atom. The average Bonchev–Trinajstić information content (AvgIpc) is 2.42. The minimum atomic E-state index is 0.529. The highest BCUT2D eigenvalue weighted by molar-refractivity contribution is 5.20. The van der Waals surface area contributed by atoms with Crippen molar-refractivity contribution in [3.63, 3.8) is 0 Å². The molecule has 2 atom stereocenters. The van der Waals surface area contributed by atoms with Gasteiger partial charge in [-0.05, 0) is 26.1 Å². The largest absolute Gasteiger partial charge is 0.313 e. The van der Waals surface area contributed by atoms with Gasteiger partial charge in [-0.3, -0.25) is 4.90 Å². The van der Waals surface area contributed by atoms with E-state index in [1.54, 1.807) is 0 Å². The molecule has 1 N–H and O–H groups in total. The number of nitrogens with one attached hydrogen (secondary N) is 1. The molecule has 1 saturated heterocycles. The molecule has 2 unspecified atom stereocenters. The van der Waals surface area contributed by atoms with Crippen LogP contribution in [0.3, 0.4) is 0 Å². The standard InChI is InChI=1S/C16H27N3/c1-4-17-14(2)12-19-11-10-18(3)13-16(19)15-8-6-5-7-9-15/h5-9,14,16-17H,4,10-13H2,1-3H3. The molecule has 0 aromatic heterocycles. The third-order valence-electron chi connectivity index (χ3n) is 3.94. The Bertz CT molecular complexity index is 366. The van der Waals surface area contributed by atoms with Crippen molar-refractivity contribution >= 4 is 0 Å². The van der Waals surface area contributed by atoms with E-state index in [1.165, 1.54) is 12.1 Å². The molecule has 3 nitrogen and oxygen atoms in total. The van der Waals surface area contributed by atoms with Gasteiger partial charge in [0.2, 0.25) is 0 Å². The Labute approximate surface area is 117 Å². The van der Waals surface area contributed by atoms with Gasteiger partial charge in [-0.25, -0.2) is 0 Å². The van der Waals surface area contributed by atoms with Crippen molar-refractivity contribution in [2.45, 2.75) is 25.9 Å². The maximum Gasteiger partial charge on any atom is 0.0476 e. The summed E-state index contributed by atoms with van der Waals surface area (Å²) in [5.41, 5.74) is 1.44. The SMILES string of the molecule is CCNC(C)CN1CCN(C)CC1c1ccccc1. The number of hydrogen-bond donors (Lipinski definition) is 1. The van der Waals surface area contributed by atoms with Crippen LogP contribution in [0.15, 0.2) is 30.3 Å². The van der Waals surface area contributed by atoms with Crippen molar-refractivity contribution in [2.75, 3.05) is 39.8 Å². The molecule has 1 aromatic rings. The molecule has 0 amide bonds. The average molecular weight is 261 g/mol. The van der Waals surface area contributed by atoms with Gasteiger partial charge in [0.25, 0.3) is 0 Å². The monoisotopic (exact) mass is 261 g/mol. The Hall–Kier alpha value is -0.900. The molecule has 2 rings (SSSR count). The molecule has 1 heterocycles. The summed E-state index contributed by atoms with van der Waals surface area (Å²) in [5.74, 6) is 0. The third kappa shape index (κ3) is 4.03. The van der Waals surface area contributed by atoms with Gasteiger partial charge in [-0.15, -0.1) is 0 Å². The maximum absolute atomic E-state index is 3.52. The fourth-order valence-corrected chi connectivity index (χ4v) is 2.93. The molecule has 0 radical (unpaired) electrons. The molecule has 0 aliphatic carbocycles. The number of rotatable bonds is 5. The summed E-state index contributed by atoms with van der Waals surface area (Å²) in [6.07, 6.45) is 0. The van der Waals surface area contributed by atoms with E-state index in [2.05, 4.69) is 66.3 Å². The summed E-state index contributed by atoms with van der Waals surface area (Å²) in [6, 6.07) is 12.0. The lowest BCUT2D eigenvalue weighted by atomic mass is 10.0. The van der Waals surface area contributed by atoms with E-state index in [4.69, 9.17) is 0 Å². The Balaban J connectivity index is 2.06. The minimum absolute atomic E-state index is 0.529. The van der Waals surface area contributed by atoms with Crippen LogP contribution in [0.4, 0.5) is 0 Å². The molecular formula is C16H27N3. The molecule has 19 heavy (non-hydrogen) atoms. The summed E-state index contributed by atoms with van der Waals surface area (Å²) in [7, 11) is 2.22. The maximum atomic E-state index is 3.52. The van der Waals surface area contributed by atoms with Gasteiger partial charge in [-0.1, -0.05) is 37.3 Å². The van der Waals surface area contributed by atoms with Crippen LogP contribution in [0.25, 0.3) is 0 Å². The van der Waals surface area contributed by atoms with E-state index in [0.717, 1.165) is 26.2 Å². The van der Waals surface area contributed by atoms with E-state index < -0.39 is 0 Å². The van der Waals surface area contributed by atoms with Crippen molar-refractivity contribution in [1.82, 2.24) is 15.1 Å². The molecule has 1 aliphatic heterocycles. The van der Waals surface area contributed by atoms with Gasteiger partial charge < -0.3 is 10.2 Å². The van der Waals surface area contributed by atoms with Crippen LogP contribution in [0, 0.1) is 0 Å². The second-order valence-electron chi connectivity index (χ2n) is 5.64. The number of likely N-dealkylation sites (N-methyl/N-ethyl adjacent to an activating group) is 2. The van der Waals surface area contributed by atoms with Crippen molar-refractivity contribution in [3.05, 3.63) is 35.9 Å². The molecule has 106 valence electrons. The van der Waals surface area contributed by atoms with Crippen molar-refractivity contribution in [3.8, 4) is 0 Å². The zero-order chi connectivity index (χ0) is 13.7. The summed E-state index contributed by atoms with van der Waals surface area (Å²) < 4.78 is 0. The van der Waals surface area contributed by atoms with E-state index in [1.807, 2.05) is 0 Å². The summed E-state index contributed by atoms with van der Waals surface area (Å²) in [6.45, 7) is 10.1. The second kappa shape index (κ2) is 7.04. The Morgan fingerprint density at radius 1 is 1.26 bits per heavy atom. The lowest BCUT2D eigenvalue weighted by Gasteiger charge is -2.41. The van der Waals surface area contributed by atoms with Crippen molar-refractivity contribution in [1.29, 1.82) is 0 Å². The van der Waals surface area contributed by atoms with Crippen LogP contribution >= 0.6 is 0 Å². The molecule has 3 heteroatoms. The predicted molar refractivity (Wildman–Crippen MR) is 81.4 cm³/mol. The highest BCUT2D eigenvalue weighted by Crippen LogP contribution is 2.24. The van der Waals surface area contributed by atoms with Crippen molar-refractivity contribution < 1.29 is 0 Å². The molecule has 1 fully saturated rings. The van der Waals surface area contributed by atoms with Gasteiger partial charge in [0, 0.05) is 38.3 Å². The normalized spacial score (nSPS) is 23.4. The van der Waals surface area contributed by atoms with Gasteiger partial charge in [-0.2, -0.15) is 0 Å². The molecule has 0 spiro atoms. The van der Waals surface area contributed by atoms with Crippen LogP contribution in [0.2, 0.25) is 0 Å². The Morgan fingerprint density at radius 3 is 2.68 bits per heavy atom. The summed E-state index contributed by atoms with van der Waals surface area (Å²) in [5, 5.41) is 3.52. The summed E-state index contributed by atoms with van der Waals surface area (Å²) in [4.78, 5) is 5.06. The van der Waals surface area contributed by atoms with Gasteiger partial charge in [0.05, 0.1) is 0 Å². The quantitative estimate of drug-likeness (QED) is 0.874. The minimum Gasteiger partial charge on any atom is -0.313 e. The van der Waals surface area contributed by atoms with Crippen LogP contribution < -0.4 is 5.32 Å². The topological polar surface area (TPSA) is 18.5 Å². The number of nitrogens with zero attached hydrogens (tertiary/aromatic N) is 2. The number of benzene rings is 1. The van der Waals surface area contributed by atoms with Gasteiger partial charge >= 0.3 is 0 Å². The fraction of sp³-hybridized carbons (Fsp3) is 0.625. The third-order valence-corrected chi connectivity index (χ3v) is 3.94. The first-order valence-corrected chi connectivity index (χ1v) is 7.41. The van der Waals surface area contributed by atoms with Gasteiger partial charge in [0.1, 0.15) is 0 Å². The van der Waals surface area contributed by atoms with E-state index in [-0.39, 0.29) is 0 Å². The first-order valence-electron chi connectivity index (χ1n) is 7.41. The lowest BCUT2D eigenvalue weighted by Crippen LogP contribution is -2.50. The molecule has 1 aliphatic rings. The van der Waals surface area contributed by atoms with Gasteiger partial charge in [0.15, 0.2) is 0 Å². The van der Waals surface area contributed by atoms with E-state index >= 15 is 0 Å². The highest BCUT2D eigenvalue weighted by Gasteiger charge is 2.27. The number of hydrogen-bond acceptors (Lipinski definition) is 3. The first-order chi connectivity index (χ1) is 9.20. The molecule has 0 saturated carbocycles. The fourth-order valence-electron chi connectivity index (χ4n) is 2.93. The van der Waals surface area contributed by atoms with Crippen LogP contribution in [0.5, 0.6) is 0 Å². The zero-order valence-electron chi connectivity index (χ0n) is 12.5. The lowest BCUT2D eigenvalue weighted by molar-refractivity contribution is 0.0824. The van der Waals surface area contributed by atoms with Crippen LogP contribution in [0.1, 0.15) is 25.5 Å². The smallest absolute Gasteiger partial charge is 0.0476 e. The Kier molecular flexibility index (Phi) is 5.37. The van der Waals surface area contributed by atoms with Crippen LogP contribution in [-0.2, 0) is 0 Å². The molecular weight excluding hydrogens is 234 g/mol. The molecule has 1 aromatic carbocycles. The first kappa shape index (κ1) is 14.5.